The van der Waals surface area contributed by atoms with Gasteiger partial charge in [-0.2, -0.15) is 0 Å². The lowest BCUT2D eigenvalue weighted by Gasteiger charge is -2.48. The summed E-state index contributed by atoms with van der Waals surface area (Å²) in [6, 6.07) is 8.72. The van der Waals surface area contributed by atoms with Gasteiger partial charge in [0.15, 0.2) is 0 Å². The van der Waals surface area contributed by atoms with E-state index in [1.54, 1.807) is 6.08 Å². The number of carbonyl (C=O) groups is 3. The summed E-state index contributed by atoms with van der Waals surface area (Å²) in [5.74, 6) is -0.734. The van der Waals surface area contributed by atoms with E-state index >= 15 is 0 Å². The maximum atomic E-state index is 12.6. The minimum Gasteiger partial charge on any atom is -0.456 e. The van der Waals surface area contributed by atoms with Crippen LogP contribution in [0.5, 0.6) is 0 Å². The molecule has 1 unspecified atom stereocenters. The van der Waals surface area contributed by atoms with Gasteiger partial charge >= 0.3 is 5.97 Å². The fourth-order valence-electron chi connectivity index (χ4n) is 3.26. The maximum Gasteiger partial charge on any atom is 0.355 e. The zero-order valence-electron chi connectivity index (χ0n) is 16.1. The molecule has 9 nitrogen and oxygen atoms in total. The highest BCUT2D eigenvalue weighted by Crippen LogP contribution is 2.38. The van der Waals surface area contributed by atoms with Crippen molar-refractivity contribution in [3.8, 4) is 0 Å². The van der Waals surface area contributed by atoms with E-state index in [2.05, 4.69) is 5.32 Å². The third-order valence-electron chi connectivity index (χ3n) is 4.80. The van der Waals surface area contributed by atoms with E-state index in [1.165, 1.54) is 52.3 Å². The number of fused-ring (bicyclic) bond motifs is 1. The lowest BCUT2D eigenvalue weighted by atomic mass is 10.0. The van der Waals surface area contributed by atoms with Crippen LogP contribution in [0.1, 0.15) is 10.4 Å². The maximum absolute atomic E-state index is 12.6. The number of nitrogens with one attached hydrogen (secondary N) is 1. The van der Waals surface area contributed by atoms with Crippen molar-refractivity contribution in [2.24, 2.45) is 0 Å². The van der Waals surface area contributed by atoms with Gasteiger partial charge in [0, 0.05) is 22.8 Å². The number of thioether (sulfide) groups is 1. The number of esters is 1. The molecule has 0 aliphatic carbocycles. The zero-order chi connectivity index (χ0) is 22.0. The Hall–Kier alpha value is -3.18. The number of rotatable bonds is 7. The number of ether oxygens (including phenoxy) is 1. The van der Waals surface area contributed by atoms with Gasteiger partial charge in [-0.1, -0.05) is 6.07 Å². The molecule has 1 aromatic carbocycles. The van der Waals surface area contributed by atoms with Crippen LogP contribution in [-0.4, -0.2) is 44.8 Å². The van der Waals surface area contributed by atoms with Crippen molar-refractivity contribution in [2.45, 2.75) is 24.4 Å². The van der Waals surface area contributed by atoms with Crippen LogP contribution in [-0.2, 0) is 32.1 Å². The Balaban J connectivity index is 1.33. The molecule has 4 rings (SSSR count). The molecule has 2 atom stereocenters. The molecule has 2 amide bonds. The van der Waals surface area contributed by atoms with E-state index in [-0.39, 0.29) is 41.6 Å². The summed E-state index contributed by atoms with van der Waals surface area (Å²) in [4.78, 5) is 49.8. The van der Waals surface area contributed by atoms with Gasteiger partial charge in [-0.25, -0.2) is 4.79 Å². The van der Waals surface area contributed by atoms with Crippen molar-refractivity contribution in [3.05, 3.63) is 74.1 Å². The average Bonchev–Trinajstić information content (AvgIpc) is 3.28. The minimum atomic E-state index is -0.677. The van der Waals surface area contributed by atoms with Gasteiger partial charge in [0.1, 0.15) is 23.7 Å². The largest absolute Gasteiger partial charge is 0.456 e. The molecule has 0 bridgehead atoms. The Bertz CT molecular complexity index is 1050. The molecule has 0 saturated carbocycles. The highest BCUT2D eigenvalue weighted by molar-refractivity contribution is 8.00. The van der Waals surface area contributed by atoms with Crippen LogP contribution < -0.4 is 5.32 Å². The Morgan fingerprint density at radius 2 is 2.03 bits per heavy atom. The van der Waals surface area contributed by atoms with Crippen molar-refractivity contribution in [1.82, 2.24) is 10.2 Å². The van der Waals surface area contributed by atoms with Crippen molar-refractivity contribution in [1.29, 1.82) is 0 Å². The van der Waals surface area contributed by atoms with Crippen LogP contribution in [0.3, 0.4) is 0 Å². The van der Waals surface area contributed by atoms with E-state index in [1.807, 2.05) is 17.5 Å². The molecule has 2 aliphatic rings. The summed E-state index contributed by atoms with van der Waals surface area (Å²) in [5.41, 5.74) is 0.692. The first kappa shape index (κ1) is 21.1. The van der Waals surface area contributed by atoms with Crippen molar-refractivity contribution >= 4 is 46.6 Å². The summed E-state index contributed by atoms with van der Waals surface area (Å²) in [7, 11) is 0. The van der Waals surface area contributed by atoms with Crippen molar-refractivity contribution in [3.63, 3.8) is 0 Å². The standard InChI is InChI=1S/C20H17N3O6S2/c24-16(10-14-2-1-8-30-14)21-17-18(25)22-15(7-9-31-19(17)22)20(26)29-11-12-3-5-13(6-4-12)23(27)28/h1-8,17,19H,9-11H2,(H,21,24)/t17?,19-/m0/s1. The monoisotopic (exact) mass is 459 g/mol. The van der Waals surface area contributed by atoms with Crippen LogP contribution in [0, 0.1) is 10.1 Å². The van der Waals surface area contributed by atoms with Gasteiger partial charge in [-0.3, -0.25) is 24.6 Å². The molecular weight excluding hydrogens is 442 g/mol. The van der Waals surface area contributed by atoms with E-state index in [0.717, 1.165) is 4.88 Å². The van der Waals surface area contributed by atoms with Crippen molar-refractivity contribution in [2.75, 3.05) is 5.75 Å². The highest BCUT2D eigenvalue weighted by Gasteiger charge is 2.52. The van der Waals surface area contributed by atoms with Gasteiger partial charge in [0.05, 0.1) is 11.3 Å². The number of non-ortho nitro benzene ring substituents is 1. The van der Waals surface area contributed by atoms with Gasteiger partial charge in [-0.15, -0.1) is 23.1 Å². The summed E-state index contributed by atoms with van der Waals surface area (Å²) >= 11 is 2.93. The lowest BCUT2D eigenvalue weighted by Crippen LogP contribution is -2.70. The third kappa shape index (κ3) is 4.47. The number of nitrogens with zero attached hydrogens (tertiary/aromatic N) is 2. The van der Waals surface area contributed by atoms with Gasteiger partial charge in [0.25, 0.3) is 11.6 Å². The first-order valence-corrected chi connectivity index (χ1v) is 11.2. The SMILES string of the molecule is O=C(Cc1cccs1)NC1C(=O)N2C(C(=O)OCc3ccc([N+](=O)[O-])cc3)=CCS[C@@H]12. The first-order valence-electron chi connectivity index (χ1n) is 9.31. The predicted octanol–water partition coefficient (Wildman–Crippen LogP) is 2.23. The zero-order valence-corrected chi connectivity index (χ0v) is 17.7. The summed E-state index contributed by atoms with van der Waals surface area (Å²) in [6.45, 7) is -0.0744. The molecule has 2 aliphatic heterocycles. The van der Waals surface area contributed by atoms with Crippen LogP contribution in [0.15, 0.2) is 53.6 Å². The Kier molecular flexibility index (Phi) is 6.05. The Morgan fingerprint density at radius 3 is 2.71 bits per heavy atom. The average molecular weight is 460 g/mol. The molecule has 1 aromatic heterocycles. The fourth-order valence-corrected chi connectivity index (χ4v) is 5.16. The van der Waals surface area contributed by atoms with E-state index in [9.17, 15) is 24.5 Å². The molecule has 0 spiro atoms. The quantitative estimate of drug-likeness (QED) is 0.292. The summed E-state index contributed by atoms with van der Waals surface area (Å²) in [6.07, 6.45) is 1.83. The number of thiophene rings is 1. The van der Waals surface area contributed by atoms with Gasteiger partial charge in [-0.05, 0) is 35.2 Å². The molecule has 31 heavy (non-hydrogen) atoms. The second kappa shape index (κ2) is 8.90. The number of carbonyl (C=O) groups excluding carboxylic acids is 3. The number of amides is 2. The second-order valence-corrected chi connectivity index (χ2v) is 9.00. The molecule has 160 valence electrons. The Labute approximate surface area is 185 Å². The number of nitro benzene ring substituents is 1. The lowest BCUT2D eigenvalue weighted by molar-refractivity contribution is -0.384. The topological polar surface area (TPSA) is 119 Å². The van der Waals surface area contributed by atoms with Crippen LogP contribution >= 0.6 is 23.1 Å². The smallest absolute Gasteiger partial charge is 0.355 e. The number of nitro groups is 1. The molecule has 11 heteroatoms. The normalized spacial score (nSPS) is 19.7. The fraction of sp³-hybridized carbons (Fsp3) is 0.250. The molecule has 2 aromatic rings. The van der Waals surface area contributed by atoms with E-state index < -0.39 is 16.9 Å². The predicted molar refractivity (Wildman–Crippen MR) is 114 cm³/mol. The highest BCUT2D eigenvalue weighted by atomic mass is 32.2. The van der Waals surface area contributed by atoms with Crippen LogP contribution in [0.25, 0.3) is 0 Å². The number of benzene rings is 1. The molecule has 1 fully saturated rings. The number of hydrogen-bond acceptors (Lipinski definition) is 8. The summed E-state index contributed by atoms with van der Waals surface area (Å²) in [5, 5.41) is 15.0. The number of hydrogen-bond donors (Lipinski definition) is 1. The minimum absolute atomic E-state index is 0.0525. The second-order valence-electron chi connectivity index (χ2n) is 6.82. The molecule has 1 saturated heterocycles. The third-order valence-corrected chi connectivity index (χ3v) is 6.86. The molecule has 1 N–H and O–H groups in total. The Morgan fingerprint density at radius 1 is 1.26 bits per heavy atom. The van der Waals surface area contributed by atoms with Crippen LogP contribution in [0.2, 0.25) is 0 Å². The van der Waals surface area contributed by atoms with Gasteiger partial charge < -0.3 is 10.1 Å². The van der Waals surface area contributed by atoms with Crippen molar-refractivity contribution < 1.29 is 24.0 Å². The van der Waals surface area contributed by atoms with E-state index in [0.29, 0.717) is 11.3 Å². The molecule has 0 radical (unpaired) electrons. The molecular formula is C20H17N3O6S2. The molecule has 3 heterocycles. The number of β-lactam (4-membered cyclic amide) rings is 1. The van der Waals surface area contributed by atoms with Gasteiger partial charge in [0.2, 0.25) is 5.91 Å². The summed E-state index contributed by atoms with van der Waals surface area (Å²) < 4.78 is 5.29. The van der Waals surface area contributed by atoms with E-state index in [4.69, 9.17) is 4.74 Å². The first-order chi connectivity index (χ1) is 14.9. The van der Waals surface area contributed by atoms with Crippen LogP contribution in [0.4, 0.5) is 5.69 Å².